The monoisotopic (exact) mass is 261 g/mol. The molecule has 3 aromatic rings. The Kier molecular flexibility index (Phi) is 2.60. The molecule has 3 heterocycles. The molecule has 92 valence electrons. The number of nitrogens with zero attached hydrogens (tertiary/aromatic N) is 4. The van der Waals surface area contributed by atoms with E-state index in [4.69, 9.17) is 4.74 Å². The van der Waals surface area contributed by atoms with Crippen LogP contribution in [0.4, 0.5) is 5.95 Å². The van der Waals surface area contributed by atoms with E-state index < -0.39 is 0 Å². The molecule has 3 aromatic heterocycles. The average molecular weight is 261 g/mol. The molecule has 6 nitrogen and oxygen atoms in total. The molecule has 0 saturated carbocycles. The minimum atomic E-state index is 0.574. The quantitative estimate of drug-likeness (QED) is 0.780. The normalized spacial score (nSPS) is 10.8. The summed E-state index contributed by atoms with van der Waals surface area (Å²) >= 11 is 1.59. The second kappa shape index (κ2) is 4.26. The third-order valence-electron chi connectivity index (χ3n) is 2.52. The molecule has 3 rings (SSSR count). The van der Waals surface area contributed by atoms with Crippen molar-refractivity contribution in [3.63, 3.8) is 0 Å². The SMILES string of the molecule is CNc1nc(-n2cc(OC)cn2)c2sccc2n1. The molecule has 1 N–H and O–H groups in total. The minimum absolute atomic E-state index is 0.574. The molecule has 0 spiro atoms. The van der Waals surface area contributed by atoms with Crippen LogP contribution < -0.4 is 10.1 Å². The maximum absolute atomic E-state index is 5.13. The Hall–Kier alpha value is -2.15. The Labute approximate surface area is 107 Å². The first-order valence-electron chi connectivity index (χ1n) is 5.34. The number of ether oxygens (including phenoxy) is 1. The number of rotatable bonds is 3. The van der Waals surface area contributed by atoms with E-state index >= 15 is 0 Å². The highest BCUT2D eigenvalue weighted by atomic mass is 32.1. The van der Waals surface area contributed by atoms with Crippen LogP contribution >= 0.6 is 11.3 Å². The summed E-state index contributed by atoms with van der Waals surface area (Å²) in [5.41, 5.74) is 0.906. The van der Waals surface area contributed by atoms with E-state index in [0.29, 0.717) is 11.7 Å². The number of hydrogen-bond donors (Lipinski definition) is 1. The van der Waals surface area contributed by atoms with Crippen molar-refractivity contribution in [1.29, 1.82) is 0 Å². The smallest absolute Gasteiger partial charge is 0.225 e. The number of nitrogens with one attached hydrogen (secondary N) is 1. The first-order valence-corrected chi connectivity index (χ1v) is 6.22. The van der Waals surface area contributed by atoms with Gasteiger partial charge >= 0.3 is 0 Å². The third-order valence-corrected chi connectivity index (χ3v) is 3.42. The van der Waals surface area contributed by atoms with Crippen molar-refractivity contribution in [1.82, 2.24) is 19.7 Å². The standard InChI is InChI=1S/C11H11N5OS/c1-12-11-14-8-3-4-18-9(8)10(15-11)16-6-7(17-2)5-13-16/h3-6H,1-2H3,(H,12,14,15). The number of hydrogen-bond acceptors (Lipinski definition) is 6. The number of thiophene rings is 1. The summed E-state index contributed by atoms with van der Waals surface area (Å²) in [6.45, 7) is 0. The summed E-state index contributed by atoms with van der Waals surface area (Å²) in [6, 6.07) is 1.97. The van der Waals surface area contributed by atoms with E-state index in [1.54, 1.807) is 42.6 Å². The summed E-state index contributed by atoms with van der Waals surface area (Å²) in [7, 11) is 3.40. The van der Waals surface area contributed by atoms with Gasteiger partial charge in [-0.15, -0.1) is 11.3 Å². The van der Waals surface area contributed by atoms with Crippen molar-refractivity contribution in [3.05, 3.63) is 23.8 Å². The van der Waals surface area contributed by atoms with Crippen LogP contribution in [0, 0.1) is 0 Å². The van der Waals surface area contributed by atoms with E-state index in [1.807, 2.05) is 11.4 Å². The predicted octanol–water partition coefficient (Wildman–Crippen LogP) is 1.93. The van der Waals surface area contributed by atoms with Crippen molar-refractivity contribution in [2.45, 2.75) is 0 Å². The number of fused-ring (bicyclic) bond motifs is 1. The fraction of sp³-hybridized carbons (Fsp3) is 0.182. The first kappa shape index (κ1) is 11.0. The molecule has 18 heavy (non-hydrogen) atoms. The molecule has 0 saturated heterocycles. The van der Waals surface area contributed by atoms with Crippen LogP contribution in [-0.4, -0.2) is 33.9 Å². The van der Waals surface area contributed by atoms with Crippen molar-refractivity contribution >= 4 is 27.5 Å². The first-order chi connectivity index (χ1) is 8.81. The lowest BCUT2D eigenvalue weighted by Crippen LogP contribution is -2.03. The average Bonchev–Trinajstić information content (AvgIpc) is 3.05. The van der Waals surface area contributed by atoms with Gasteiger partial charge < -0.3 is 10.1 Å². The van der Waals surface area contributed by atoms with Crippen LogP contribution in [0.1, 0.15) is 0 Å². The Morgan fingerprint density at radius 1 is 1.39 bits per heavy atom. The van der Waals surface area contributed by atoms with Gasteiger partial charge in [0, 0.05) is 7.05 Å². The van der Waals surface area contributed by atoms with Gasteiger partial charge in [0.2, 0.25) is 5.95 Å². The van der Waals surface area contributed by atoms with E-state index in [0.717, 1.165) is 16.0 Å². The van der Waals surface area contributed by atoms with Gasteiger partial charge in [0.15, 0.2) is 11.6 Å². The second-order valence-electron chi connectivity index (χ2n) is 3.58. The van der Waals surface area contributed by atoms with Gasteiger partial charge in [0.1, 0.15) is 0 Å². The van der Waals surface area contributed by atoms with Crippen LogP contribution in [0.5, 0.6) is 5.75 Å². The Bertz CT molecular complexity index is 690. The lowest BCUT2D eigenvalue weighted by Gasteiger charge is -2.04. The largest absolute Gasteiger partial charge is 0.493 e. The lowest BCUT2D eigenvalue weighted by molar-refractivity contribution is 0.414. The molecular weight excluding hydrogens is 250 g/mol. The zero-order valence-corrected chi connectivity index (χ0v) is 10.7. The van der Waals surface area contributed by atoms with Crippen LogP contribution in [0.2, 0.25) is 0 Å². The maximum Gasteiger partial charge on any atom is 0.225 e. The van der Waals surface area contributed by atoms with Gasteiger partial charge in [0.25, 0.3) is 0 Å². The van der Waals surface area contributed by atoms with Gasteiger partial charge in [0.05, 0.1) is 29.7 Å². The molecule has 0 unspecified atom stereocenters. The molecule has 0 aliphatic carbocycles. The van der Waals surface area contributed by atoms with E-state index in [9.17, 15) is 0 Å². The highest BCUT2D eigenvalue weighted by molar-refractivity contribution is 7.17. The molecule has 0 amide bonds. The zero-order valence-electron chi connectivity index (χ0n) is 9.91. The molecule has 0 aliphatic heterocycles. The Balaban J connectivity index is 2.22. The highest BCUT2D eigenvalue weighted by Crippen LogP contribution is 2.26. The molecule has 7 heteroatoms. The van der Waals surface area contributed by atoms with Gasteiger partial charge in [-0.25, -0.2) is 9.67 Å². The van der Waals surface area contributed by atoms with Gasteiger partial charge in [-0.1, -0.05) is 0 Å². The molecule has 0 radical (unpaired) electrons. The lowest BCUT2D eigenvalue weighted by atomic mass is 10.4. The predicted molar refractivity (Wildman–Crippen MR) is 70.6 cm³/mol. The van der Waals surface area contributed by atoms with Crippen molar-refractivity contribution in [2.24, 2.45) is 0 Å². The summed E-state index contributed by atoms with van der Waals surface area (Å²) in [4.78, 5) is 8.83. The summed E-state index contributed by atoms with van der Waals surface area (Å²) in [6.07, 6.45) is 3.45. The molecular formula is C11H11N5OS. The molecule has 0 atom stereocenters. The van der Waals surface area contributed by atoms with Gasteiger partial charge in [-0.2, -0.15) is 10.1 Å². The van der Waals surface area contributed by atoms with Crippen LogP contribution in [0.3, 0.4) is 0 Å². The van der Waals surface area contributed by atoms with Crippen LogP contribution in [0.25, 0.3) is 16.0 Å². The summed E-state index contributed by atoms with van der Waals surface area (Å²) in [5.74, 6) is 2.03. The van der Waals surface area contributed by atoms with Crippen molar-refractivity contribution in [2.75, 3.05) is 19.5 Å². The zero-order chi connectivity index (χ0) is 12.5. The van der Waals surface area contributed by atoms with E-state index in [-0.39, 0.29) is 0 Å². The summed E-state index contributed by atoms with van der Waals surface area (Å²) in [5, 5.41) is 9.18. The molecule has 0 fully saturated rings. The second-order valence-corrected chi connectivity index (χ2v) is 4.50. The fourth-order valence-electron chi connectivity index (χ4n) is 1.64. The van der Waals surface area contributed by atoms with Crippen LogP contribution in [-0.2, 0) is 0 Å². The molecule has 0 aromatic carbocycles. The molecule has 0 aliphatic rings. The fourth-order valence-corrected chi connectivity index (χ4v) is 2.45. The minimum Gasteiger partial charge on any atom is -0.493 e. The van der Waals surface area contributed by atoms with Crippen molar-refractivity contribution in [3.8, 4) is 11.6 Å². The van der Waals surface area contributed by atoms with E-state index in [1.165, 1.54) is 0 Å². The molecule has 0 bridgehead atoms. The summed E-state index contributed by atoms with van der Waals surface area (Å²) < 4.78 is 7.82. The Morgan fingerprint density at radius 2 is 2.28 bits per heavy atom. The van der Waals surface area contributed by atoms with Crippen LogP contribution in [0.15, 0.2) is 23.8 Å². The number of methoxy groups -OCH3 is 1. The van der Waals surface area contributed by atoms with Gasteiger partial charge in [-0.05, 0) is 11.4 Å². The highest BCUT2D eigenvalue weighted by Gasteiger charge is 2.11. The third kappa shape index (κ3) is 1.68. The van der Waals surface area contributed by atoms with E-state index in [2.05, 4.69) is 20.4 Å². The maximum atomic E-state index is 5.13. The van der Waals surface area contributed by atoms with Gasteiger partial charge in [-0.3, -0.25) is 0 Å². The topological polar surface area (TPSA) is 64.9 Å². The van der Waals surface area contributed by atoms with Crippen molar-refractivity contribution < 1.29 is 4.74 Å². The number of anilines is 1. The Morgan fingerprint density at radius 3 is 3.00 bits per heavy atom. The number of aromatic nitrogens is 4.